The molecule has 384 valence electrons. The number of carbonyl (C=O) groups excluding carboxylic acids is 1. The third-order valence-corrected chi connectivity index (χ3v) is 11.8. The summed E-state index contributed by atoms with van der Waals surface area (Å²) in [7, 11) is 1.31. The first-order valence-corrected chi connectivity index (χ1v) is 28.1. The van der Waals surface area contributed by atoms with E-state index in [2.05, 4.69) is 123 Å². The summed E-state index contributed by atoms with van der Waals surface area (Å²) in [6.45, 7) is 5.19. The molecule has 2 unspecified atom stereocenters. The molecule has 0 heterocycles. The van der Waals surface area contributed by atoms with E-state index in [1.54, 1.807) is 0 Å². The fraction of sp³-hybridized carbons (Fsp3) is 0.672. The highest BCUT2D eigenvalue weighted by molar-refractivity contribution is 7.45. The van der Waals surface area contributed by atoms with E-state index in [-0.39, 0.29) is 32.2 Å². The Kier molecular flexibility index (Phi) is 47.5. The van der Waals surface area contributed by atoms with Crippen molar-refractivity contribution >= 4 is 13.8 Å². The predicted molar refractivity (Wildman–Crippen MR) is 286 cm³/mol. The van der Waals surface area contributed by atoms with Crippen molar-refractivity contribution in [2.24, 2.45) is 0 Å². The van der Waals surface area contributed by atoms with Crippen LogP contribution in [0.25, 0.3) is 0 Å². The number of quaternary nitrogens is 1. The Labute approximate surface area is 412 Å². The summed E-state index contributed by atoms with van der Waals surface area (Å²) in [4.78, 5) is 25.2. The lowest BCUT2D eigenvalue weighted by molar-refractivity contribution is -0.870. The van der Waals surface area contributed by atoms with Crippen molar-refractivity contribution in [3.8, 4) is 0 Å². The number of esters is 1. The minimum absolute atomic E-state index is 0.00982. The Balaban J connectivity index is 4.25. The summed E-state index contributed by atoms with van der Waals surface area (Å²) < 4.78 is 34.7. The molecule has 67 heavy (non-hydrogen) atoms. The van der Waals surface area contributed by atoms with Gasteiger partial charge in [0.2, 0.25) is 0 Å². The lowest BCUT2D eigenvalue weighted by atomic mass is 10.1. The highest BCUT2D eigenvalue weighted by Crippen LogP contribution is 2.38. The summed E-state index contributed by atoms with van der Waals surface area (Å²) in [5, 5.41) is 0. The third-order valence-electron chi connectivity index (χ3n) is 10.8. The van der Waals surface area contributed by atoms with E-state index in [0.29, 0.717) is 24.1 Å². The lowest BCUT2D eigenvalue weighted by Gasteiger charge is -2.28. The molecule has 0 aromatic heterocycles. The number of likely N-dealkylation sites (N-methyl/N-ethyl adjacent to an activating group) is 1. The Hall–Kier alpha value is -2.84. The Morgan fingerprint density at radius 3 is 1.30 bits per heavy atom. The standard InChI is InChI=1S/C58H100NO7P/c1-6-8-10-12-14-16-18-20-22-24-26-28-29-30-32-34-36-38-40-42-44-46-48-50-53-63-55-57(56-65-67(61,62)64-54-52-59(3,4)5)66-58(60)51-49-47-45-43-41-39-37-35-33-31-27-25-23-21-19-17-15-13-11-9-7-2/h9,11,15,17-18,20-21,23-24,26-27,29-31,35,37,41,43,57H,6-8,10,12-14,16,19,22,25,28,32-34,36,38-40,42,44-56H2,1-5H3/b11-9-,17-15-,20-18-,23-21-,26-24-,30-29-,31-27-,37-35-,43-41-. The molecule has 0 aromatic carbocycles. The molecule has 0 saturated heterocycles. The molecule has 0 aliphatic carbocycles. The van der Waals surface area contributed by atoms with Crippen LogP contribution in [0.15, 0.2) is 109 Å². The molecule has 0 spiro atoms. The van der Waals surface area contributed by atoms with Crippen LogP contribution >= 0.6 is 7.82 Å². The average molecular weight is 954 g/mol. The highest BCUT2D eigenvalue weighted by Gasteiger charge is 2.20. The molecule has 0 aromatic rings. The van der Waals surface area contributed by atoms with Gasteiger partial charge in [-0.1, -0.05) is 194 Å². The van der Waals surface area contributed by atoms with Gasteiger partial charge >= 0.3 is 5.97 Å². The van der Waals surface area contributed by atoms with Gasteiger partial charge in [-0.3, -0.25) is 9.36 Å². The molecule has 0 aliphatic rings. The SMILES string of the molecule is CC/C=C\C/C=C\C/C=C\C/C=C\C/C=C\C/C=C\CCCCC(=O)OC(COCCCCCCCCCCC/C=C\C/C=C\C/C=C\CCCCCCC)COP(=O)([O-])OCC[N+](C)(C)C. The van der Waals surface area contributed by atoms with Gasteiger partial charge in [-0.05, 0) is 103 Å². The van der Waals surface area contributed by atoms with Gasteiger partial charge < -0.3 is 27.9 Å². The van der Waals surface area contributed by atoms with E-state index in [4.69, 9.17) is 18.5 Å². The Morgan fingerprint density at radius 1 is 0.478 bits per heavy atom. The second-order valence-corrected chi connectivity index (χ2v) is 19.9. The zero-order valence-electron chi connectivity index (χ0n) is 43.6. The normalized spacial score (nSPS) is 14.4. The van der Waals surface area contributed by atoms with Crippen molar-refractivity contribution in [1.29, 1.82) is 0 Å². The second kappa shape index (κ2) is 49.6. The minimum Gasteiger partial charge on any atom is -0.756 e. The number of phosphoric acid groups is 1. The van der Waals surface area contributed by atoms with Crippen molar-refractivity contribution in [2.75, 3.05) is 54.1 Å². The lowest BCUT2D eigenvalue weighted by Crippen LogP contribution is -2.37. The van der Waals surface area contributed by atoms with Crippen molar-refractivity contribution < 1.29 is 37.3 Å². The molecule has 0 saturated carbocycles. The number of ether oxygens (including phenoxy) is 2. The number of unbranched alkanes of at least 4 members (excludes halogenated alkanes) is 16. The van der Waals surface area contributed by atoms with E-state index in [1.165, 1.54) is 89.9 Å². The fourth-order valence-corrected chi connectivity index (χ4v) is 7.46. The Bertz CT molecular complexity index is 1430. The smallest absolute Gasteiger partial charge is 0.306 e. The molecule has 0 amide bonds. The van der Waals surface area contributed by atoms with Gasteiger partial charge in [0.05, 0.1) is 34.4 Å². The van der Waals surface area contributed by atoms with Crippen LogP contribution in [0.1, 0.15) is 194 Å². The number of phosphoric ester groups is 1. The summed E-state index contributed by atoms with van der Waals surface area (Å²) in [5.74, 6) is -0.381. The number of carbonyl (C=O) groups is 1. The molecule has 0 rings (SSSR count). The number of rotatable bonds is 48. The molecular formula is C58H100NO7P. The zero-order valence-corrected chi connectivity index (χ0v) is 44.5. The van der Waals surface area contributed by atoms with Gasteiger partial charge in [-0.25, -0.2) is 0 Å². The van der Waals surface area contributed by atoms with Gasteiger partial charge in [0.25, 0.3) is 7.82 Å². The van der Waals surface area contributed by atoms with Crippen LogP contribution in [0.2, 0.25) is 0 Å². The first-order valence-electron chi connectivity index (χ1n) is 26.6. The van der Waals surface area contributed by atoms with E-state index in [0.717, 1.165) is 77.0 Å². The second-order valence-electron chi connectivity index (χ2n) is 18.5. The first-order chi connectivity index (χ1) is 32.6. The molecule has 0 fully saturated rings. The van der Waals surface area contributed by atoms with Crippen molar-refractivity contribution in [2.45, 2.75) is 200 Å². The van der Waals surface area contributed by atoms with Gasteiger partial charge in [0.15, 0.2) is 0 Å². The van der Waals surface area contributed by atoms with Crippen molar-refractivity contribution in [3.63, 3.8) is 0 Å². The summed E-state index contributed by atoms with van der Waals surface area (Å²) in [5.41, 5.74) is 0. The third kappa shape index (κ3) is 54.0. The average Bonchev–Trinajstić information content (AvgIpc) is 3.29. The number of nitrogens with zero attached hydrogens (tertiary/aromatic N) is 1. The molecular weight excluding hydrogens is 854 g/mol. The maximum Gasteiger partial charge on any atom is 0.306 e. The molecule has 0 aliphatic heterocycles. The topological polar surface area (TPSA) is 94.1 Å². The predicted octanol–water partition coefficient (Wildman–Crippen LogP) is 16.1. The van der Waals surface area contributed by atoms with E-state index in [9.17, 15) is 14.3 Å². The zero-order chi connectivity index (χ0) is 49.0. The molecule has 0 bridgehead atoms. The van der Waals surface area contributed by atoms with Crippen LogP contribution in [-0.4, -0.2) is 70.7 Å². The van der Waals surface area contributed by atoms with Crippen LogP contribution < -0.4 is 4.89 Å². The van der Waals surface area contributed by atoms with Crippen LogP contribution in [0.4, 0.5) is 0 Å². The van der Waals surface area contributed by atoms with E-state index >= 15 is 0 Å². The van der Waals surface area contributed by atoms with Gasteiger partial charge in [0, 0.05) is 13.0 Å². The number of hydrogen-bond donors (Lipinski definition) is 0. The number of hydrogen-bond acceptors (Lipinski definition) is 7. The largest absolute Gasteiger partial charge is 0.756 e. The van der Waals surface area contributed by atoms with Crippen LogP contribution in [0.3, 0.4) is 0 Å². The minimum atomic E-state index is -4.56. The van der Waals surface area contributed by atoms with E-state index < -0.39 is 13.9 Å². The molecule has 9 heteroatoms. The summed E-state index contributed by atoms with van der Waals surface area (Å²) >= 11 is 0. The summed E-state index contributed by atoms with van der Waals surface area (Å²) in [6, 6.07) is 0. The Morgan fingerprint density at radius 2 is 0.866 bits per heavy atom. The van der Waals surface area contributed by atoms with Crippen LogP contribution in [-0.2, 0) is 27.9 Å². The fourth-order valence-electron chi connectivity index (χ4n) is 6.73. The number of allylic oxidation sites excluding steroid dienone is 18. The molecule has 8 nitrogen and oxygen atoms in total. The maximum atomic E-state index is 12.7. The quantitative estimate of drug-likeness (QED) is 0.0197. The molecule has 0 radical (unpaired) electrons. The summed E-state index contributed by atoms with van der Waals surface area (Å²) in [6.07, 6.45) is 69.8. The van der Waals surface area contributed by atoms with Crippen LogP contribution in [0, 0.1) is 0 Å². The van der Waals surface area contributed by atoms with Gasteiger partial charge in [0.1, 0.15) is 19.3 Å². The molecule has 0 N–H and O–H groups in total. The first kappa shape index (κ1) is 64.2. The van der Waals surface area contributed by atoms with Crippen molar-refractivity contribution in [1.82, 2.24) is 0 Å². The highest BCUT2D eigenvalue weighted by atomic mass is 31.2. The van der Waals surface area contributed by atoms with Crippen molar-refractivity contribution in [3.05, 3.63) is 109 Å². The van der Waals surface area contributed by atoms with Crippen LogP contribution in [0.5, 0.6) is 0 Å². The van der Waals surface area contributed by atoms with E-state index in [1.807, 2.05) is 21.1 Å². The monoisotopic (exact) mass is 954 g/mol. The van der Waals surface area contributed by atoms with Gasteiger partial charge in [-0.15, -0.1) is 0 Å². The van der Waals surface area contributed by atoms with Gasteiger partial charge in [-0.2, -0.15) is 0 Å². The maximum absolute atomic E-state index is 12.7. The molecule has 2 atom stereocenters.